The molecule has 2 N–H and O–H groups in total. The van der Waals surface area contributed by atoms with Gasteiger partial charge in [0.05, 0.1) is 11.7 Å². The quantitative estimate of drug-likeness (QED) is 0.745. The molecule has 5 nitrogen and oxygen atoms in total. The molecule has 1 saturated heterocycles. The molecular formula is C15H21NO4. The Labute approximate surface area is 118 Å². The van der Waals surface area contributed by atoms with Gasteiger partial charge in [0.15, 0.2) is 0 Å². The van der Waals surface area contributed by atoms with Gasteiger partial charge in [-0.1, -0.05) is 0 Å². The molecule has 1 fully saturated rings. The number of carbonyl (C=O) groups is 1. The predicted octanol–water partition coefficient (Wildman–Crippen LogP) is 1.78. The fourth-order valence-electron chi connectivity index (χ4n) is 2.27. The second-order valence-corrected chi connectivity index (χ2v) is 5.01. The van der Waals surface area contributed by atoms with Gasteiger partial charge in [-0.2, -0.15) is 0 Å². The third kappa shape index (κ3) is 4.21. The van der Waals surface area contributed by atoms with Crippen molar-refractivity contribution < 1.29 is 19.4 Å². The van der Waals surface area contributed by atoms with Gasteiger partial charge in [0.25, 0.3) is 0 Å². The van der Waals surface area contributed by atoms with Crippen LogP contribution in [0.25, 0.3) is 0 Å². The highest BCUT2D eigenvalue weighted by molar-refractivity contribution is 5.87. The second kappa shape index (κ2) is 7.26. The van der Waals surface area contributed by atoms with Crippen molar-refractivity contribution in [3.63, 3.8) is 0 Å². The number of carboxylic acid groups (broad SMARTS) is 1. The predicted molar refractivity (Wildman–Crippen MR) is 75.3 cm³/mol. The van der Waals surface area contributed by atoms with Crippen LogP contribution in [0.1, 0.15) is 23.7 Å². The van der Waals surface area contributed by atoms with Crippen molar-refractivity contribution in [2.75, 3.05) is 26.3 Å². The molecule has 0 aliphatic carbocycles. The van der Waals surface area contributed by atoms with Crippen molar-refractivity contribution in [2.45, 2.75) is 19.4 Å². The first-order valence-corrected chi connectivity index (χ1v) is 6.95. The summed E-state index contributed by atoms with van der Waals surface area (Å²) in [6, 6.07) is 6.44. The monoisotopic (exact) mass is 279 g/mol. The second-order valence-electron chi connectivity index (χ2n) is 5.01. The summed E-state index contributed by atoms with van der Waals surface area (Å²) >= 11 is 0. The van der Waals surface area contributed by atoms with E-state index >= 15 is 0 Å². The molecular weight excluding hydrogens is 258 g/mol. The van der Waals surface area contributed by atoms with Gasteiger partial charge in [-0.3, -0.25) is 0 Å². The molecule has 110 valence electrons. The van der Waals surface area contributed by atoms with Crippen LogP contribution < -0.4 is 10.1 Å². The van der Waals surface area contributed by atoms with Gasteiger partial charge in [0, 0.05) is 19.7 Å². The molecule has 5 heteroatoms. The SMILES string of the molecule is CC1OCCC1CNCCOc1ccc(C(=O)O)cc1. The number of hydrogen-bond acceptors (Lipinski definition) is 4. The Morgan fingerprint density at radius 1 is 1.45 bits per heavy atom. The fraction of sp³-hybridized carbons (Fsp3) is 0.533. The number of nitrogens with one attached hydrogen (secondary N) is 1. The van der Waals surface area contributed by atoms with E-state index in [1.165, 1.54) is 0 Å². The molecule has 1 aliphatic rings. The maximum Gasteiger partial charge on any atom is 0.335 e. The van der Waals surface area contributed by atoms with Crippen molar-refractivity contribution in [1.29, 1.82) is 0 Å². The number of ether oxygens (including phenoxy) is 2. The van der Waals surface area contributed by atoms with Gasteiger partial charge in [0.2, 0.25) is 0 Å². The fourth-order valence-corrected chi connectivity index (χ4v) is 2.27. The molecule has 0 radical (unpaired) electrons. The number of carboxylic acids is 1. The molecule has 2 unspecified atom stereocenters. The lowest BCUT2D eigenvalue weighted by Gasteiger charge is -2.14. The molecule has 0 saturated carbocycles. The van der Waals surface area contributed by atoms with E-state index in [9.17, 15) is 4.79 Å². The topological polar surface area (TPSA) is 67.8 Å². The van der Waals surface area contributed by atoms with Gasteiger partial charge < -0.3 is 19.9 Å². The minimum atomic E-state index is -0.925. The summed E-state index contributed by atoms with van der Waals surface area (Å²) in [6.45, 7) is 5.25. The van der Waals surface area contributed by atoms with E-state index in [4.69, 9.17) is 14.6 Å². The molecule has 2 rings (SSSR count). The average Bonchev–Trinajstić information content (AvgIpc) is 2.84. The minimum absolute atomic E-state index is 0.269. The summed E-state index contributed by atoms with van der Waals surface area (Å²) in [5.41, 5.74) is 0.269. The van der Waals surface area contributed by atoms with Crippen LogP contribution in [0.3, 0.4) is 0 Å². The number of aromatic carboxylic acids is 1. The summed E-state index contributed by atoms with van der Waals surface area (Å²) in [5.74, 6) is 0.352. The Kier molecular flexibility index (Phi) is 5.38. The maximum atomic E-state index is 10.7. The summed E-state index contributed by atoms with van der Waals surface area (Å²) in [5, 5.41) is 12.1. The first-order chi connectivity index (χ1) is 9.66. The zero-order valence-electron chi connectivity index (χ0n) is 11.7. The maximum absolute atomic E-state index is 10.7. The molecule has 1 aliphatic heterocycles. The van der Waals surface area contributed by atoms with E-state index in [1.807, 2.05) is 0 Å². The Bertz CT molecular complexity index is 432. The summed E-state index contributed by atoms with van der Waals surface area (Å²) < 4.78 is 11.0. The highest BCUT2D eigenvalue weighted by atomic mass is 16.5. The molecule has 0 spiro atoms. The van der Waals surface area contributed by atoms with Crippen LogP contribution in [0.4, 0.5) is 0 Å². The molecule has 1 aromatic rings. The van der Waals surface area contributed by atoms with E-state index in [2.05, 4.69) is 12.2 Å². The molecule has 20 heavy (non-hydrogen) atoms. The number of hydrogen-bond donors (Lipinski definition) is 2. The number of benzene rings is 1. The largest absolute Gasteiger partial charge is 0.492 e. The first kappa shape index (κ1) is 14.8. The lowest BCUT2D eigenvalue weighted by molar-refractivity contribution is 0.0697. The van der Waals surface area contributed by atoms with Gasteiger partial charge in [-0.15, -0.1) is 0 Å². The Balaban J connectivity index is 1.62. The normalized spacial score (nSPS) is 21.9. The summed E-state index contributed by atoms with van der Waals surface area (Å²) in [6.07, 6.45) is 1.46. The van der Waals surface area contributed by atoms with Crippen LogP contribution in [0.15, 0.2) is 24.3 Å². The Morgan fingerprint density at radius 2 is 2.20 bits per heavy atom. The first-order valence-electron chi connectivity index (χ1n) is 6.95. The molecule has 0 bridgehead atoms. The van der Waals surface area contributed by atoms with Gasteiger partial charge in [0.1, 0.15) is 12.4 Å². The highest BCUT2D eigenvalue weighted by Gasteiger charge is 2.23. The Hall–Kier alpha value is -1.59. The average molecular weight is 279 g/mol. The minimum Gasteiger partial charge on any atom is -0.492 e. The molecule has 0 amide bonds. The standard InChI is InChI=1S/C15H21NO4/c1-11-13(6-8-19-11)10-16-7-9-20-14-4-2-12(3-5-14)15(17)18/h2-5,11,13,16H,6-10H2,1H3,(H,17,18). The van der Waals surface area contributed by atoms with E-state index in [1.54, 1.807) is 24.3 Å². The van der Waals surface area contributed by atoms with Crippen LogP contribution >= 0.6 is 0 Å². The van der Waals surface area contributed by atoms with E-state index in [0.717, 1.165) is 26.1 Å². The lowest BCUT2D eigenvalue weighted by Crippen LogP contribution is -2.30. The summed E-state index contributed by atoms with van der Waals surface area (Å²) in [7, 11) is 0. The van der Waals surface area contributed by atoms with Gasteiger partial charge in [-0.25, -0.2) is 4.79 Å². The van der Waals surface area contributed by atoms with Crippen LogP contribution in [0.5, 0.6) is 5.75 Å². The van der Waals surface area contributed by atoms with Crippen LogP contribution in [0.2, 0.25) is 0 Å². The molecule has 1 aromatic carbocycles. The highest BCUT2D eigenvalue weighted by Crippen LogP contribution is 2.19. The van der Waals surface area contributed by atoms with E-state index < -0.39 is 5.97 Å². The van der Waals surface area contributed by atoms with Crippen LogP contribution in [-0.4, -0.2) is 43.5 Å². The van der Waals surface area contributed by atoms with Crippen LogP contribution in [0, 0.1) is 5.92 Å². The van der Waals surface area contributed by atoms with Crippen molar-refractivity contribution in [3.05, 3.63) is 29.8 Å². The third-order valence-corrected chi connectivity index (χ3v) is 3.59. The number of rotatable bonds is 7. The van der Waals surface area contributed by atoms with Crippen molar-refractivity contribution >= 4 is 5.97 Å². The Morgan fingerprint density at radius 3 is 2.80 bits per heavy atom. The van der Waals surface area contributed by atoms with E-state index in [-0.39, 0.29) is 5.56 Å². The third-order valence-electron chi connectivity index (χ3n) is 3.59. The summed E-state index contributed by atoms with van der Waals surface area (Å²) in [4.78, 5) is 10.7. The van der Waals surface area contributed by atoms with Crippen LogP contribution in [-0.2, 0) is 4.74 Å². The van der Waals surface area contributed by atoms with E-state index in [0.29, 0.717) is 24.4 Å². The van der Waals surface area contributed by atoms with Gasteiger partial charge >= 0.3 is 5.97 Å². The van der Waals surface area contributed by atoms with Gasteiger partial charge in [-0.05, 0) is 43.5 Å². The molecule has 2 atom stereocenters. The van der Waals surface area contributed by atoms with Crippen molar-refractivity contribution in [3.8, 4) is 5.75 Å². The smallest absolute Gasteiger partial charge is 0.335 e. The molecule has 0 aromatic heterocycles. The molecule has 1 heterocycles. The zero-order valence-corrected chi connectivity index (χ0v) is 11.7. The van der Waals surface area contributed by atoms with Crippen molar-refractivity contribution in [1.82, 2.24) is 5.32 Å². The van der Waals surface area contributed by atoms with Crippen molar-refractivity contribution in [2.24, 2.45) is 5.92 Å². The lowest BCUT2D eigenvalue weighted by atomic mass is 10.0. The zero-order chi connectivity index (χ0) is 14.4.